The van der Waals surface area contributed by atoms with Gasteiger partial charge in [-0.25, -0.2) is 4.79 Å². The maximum atomic E-state index is 12.6. The fourth-order valence-corrected chi connectivity index (χ4v) is 3.56. The molecular weight excluding hydrogens is 562 g/mol. The average Bonchev–Trinajstić information content (AvgIpc) is 2.91. The molecule has 0 aromatic heterocycles. The maximum Gasteiger partial charge on any atom is 0.326 e. The summed E-state index contributed by atoms with van der Waals surface area (Å²) in [5, 5.41) is 47.6. The zero-order valence-corrected chi connectivity index (χ0v) is 24.1. The minimum Gasteiger partial charge on any atom is -0.480 e. The van der Waals surface area contributed by atoms with E-state index >= 15 is 0 Å². The molecule has 0 aliphatic heterocycles. The van der Waals surface area contributed by atoms with E-state index in [2.05, 4.69) is 21.3 Å². The molecule has 0 fully saturated rings. The number of carbonyl (C=O) groups is 7. The summed E-state index contributed by atoms with van der Waals surface area (Å²) in [5.74, 6) is -5.68. The van der Waals surface area contributed by atoms with Crippen molar-refractivity contribution < 1.29 is 58.7 Å². The monoisotopic (exact) mass is 605 g/mol. The van der Waals surface area contributed by atoms with Gasteiger partial charge in [0.25, 0.3) is 0 Å². The van der Waals surface area contributed by atoms with E-state index < -0.39 is 97.1 Å². The third kappa shape index (κ3) is 13.8. The molecule has 3 unspecified atom stereocenters. The Morgan fingerprint density at radius 3 is 1.98 bits per heavy atom. The highest BCUT2D eigenvalue weighted by Crippen LogP contribution is 2.10. The van der Waals surface area contributed by atoms with Gasteiger partial charge in [0.2, 0.25) is 29.5 Å². The number of hydrogen-bond donors (Lipinski definition) is 9. The number of rotatable bonds is 21. The van der Waals surface area contributed by atoms with E-state index in [4.69, 9.17) is 15.6 Å². The van der Waals surface area contributed by atoms with E-state index in [9.17, 15) is 48.9 Å². The van der Waals surface area contributed by atoms with Crippen LogP contribution in [0.25, 0.3) is 0 Å². The summed E-state index contributed by atoms with van der Waals surface area (Å²) in [7, 11) is 0. The van der Waals surface area contributed by atoms with Gasteiger partial charge in [0, 0.05) is 12.8 Å². The number of carboxylic acid groups (broad SMARTS) is 1. The second-order valence-corrected chi connectivity index (χ2v) is 9.91. The van der Waals surface area contributed by atoms with Crippen LogP contribution < -0.4 is 27.0 Å². The van der Waals surface area contributed by atoms with Crippen LogP contribution in [0.2, 0.25) is 0 Å². The molecule has 7 atom stereocenters. The lowest BCUT2D eigenvalue weighted by Gasteiger charge is -2.30. The van der Waals surface area contributed by atoms with Crippen LogP contribution in [0.1, 0.15) is 53.4 Å². The largest absolute Gasteiger partial charge is 0.480 e. The van der Waals surface area contributed by atoms with Crippen molar-refractivity contribution in [3.8, 4) is 0 Å². The molecule has 0 aromatic carbocycles. The third-order valence-electron chi connectivity index (χ3n) is 5.97. The van der Waals surface area contributed by atoms with Crippen LogP contribution in [0.4, 0.5) is 0 Å². The van der Waals surface area contributed by atoms with Crippen molar-refractivity contribution in [1.29, 1.82) is 0 Å². The number of hydrogen-bond acceptors (Lipinski definition) is 11. The van der Waals surface area contributed by atoms with Crippen LogP contribution in [-0.4, -0.2) is 118 Å². The molecule has 0 aliphatic carbocycles. The molecule has 0 saturated heterocycles. The highest BCUT2D eigenvalue weighted by molar-refractivity contribution is 5.92. The molecule has 0 aliphatic rings. The zero-order valence-electron chi connectivity index (χ0n) is 24.1. The van der Waals surface area contributed by atoms with Gasteiger partial charge in [0.15, 0.2) is 0 Å². The van der Waals surface area contributed by atoms with Gasteiger partial charge < -0.3 is 57.0 Å². The first-order valence-electron chi connectivity index (χ1n) is 13.3. The number of amides is 5. The molecule has 0 heterocycles. The lowest BCUT2D eigenvalue weighted by atomic mass is 10.0. The van der Waals surface area contributed by atoms with Gasteiger partial charge >= 0.3 is 5.97 Å². The van der Waals surface area contributed by atoms with Gasteiger partial charge in [0.1, 0.15) is 55.4 Å². The van der Waals surface area contributed by atoms with Crippen LogP contribution in [-0.2, 0) is 38.3 Å². The molecule has 17 heteroatoms. The summed E-state index contributed by atoms with van der Waals surface area (Å²) in [6, 6.07) is -5.25. The Morgan fingerprint density at radius 2 is 1.50 bits per heavy atom. The van der Waals surface area contributed by atoms with Crippen molar-refractivity contribution in [3.63, 3.8) is 0 Å². The Morgan fingerprint density at radius 1 is 0.905 bits per heavy atom. The van der Waals surface area contributed by atoms with Crippen molar-refractivity contribution in [1.82, 2.24) is 21.3 Å². The van der Waals surface area contributed by atoms with E-state index in [1.807, 2.05) is 0 Å². The van der Waals surface area contributed by atoms with Crippen LogP contribution in [0.3, 0.4) is 0 Å². The van der Waals surface area contributed by atoms with Gasteiger partial charge in [0.05, 0.1) is 6.61 Å². The summed E-state index contributed by atoms with van der Waals surface area (Å²) < 4.78 is 5.28. The van der Waals surface area contributed by atoms with Crippen molar-refractivity contribution in [2.45, 2.75) is 95.9 Å². The average molecular weight is 606 g/mol. The minimum atomic E-state index is -1.89. The van der Waals surface area contributed by atoms with E-state index in [1.54, 1.807) is 20.8 Å². The molecule has 240 valence electrons. The Hall–Kier alpha value is -3.67. The van der Waals surface area contributed by atoms with Gasteiger partial charge in [-0.3, -0.25) is 24.0 Å². The quantitative estimate of drug-likeness (QED) is 0.0567. The summed E-state index contributed by atoms with van der Waals surface area (Å²) in [6.45, 7) is 4.38. The molecule has 42 heavy (non-hydrogen) atoms. The Balaban J connectivity index is 5.20. The maximum absolute atomic E-state index is 12.6. The SMILES string of the molecule is CCCC(=O)N[C@@H](C=O)[C@@H](OCC(=O)NC(C)C(=O)NC(CCC(=O)NC(C(=O)O)C(C)C)C(N)=O)[C@H](O)[C@H](O)CO. The standard InChI is InChI=1S/C25H43N5O12/c1-5-6-17(34)28-15(9-31)22(21(37)16(33)10-32)42-11-19(36)27-13(4)24(39)29-14(23(26)38)7-8-18(35)30-20(12(2)3)25(40)41/h9,12-16,20-22,32-33,37H,5-8,10-11H2,1-4H3,(H2,26,38)(H,27,36)(H,28,34)(H,29,39)(H,30,35)(H,40,41)/t13?,14?,15-,16+,20?,21+,22+/m0/s1. The first-order chi connectivity index (χ1) is 19.6. The number of aliphatic hydroxyl groups is 3. The van der Waals surface area contributed by atoms with Gasteiger partial charge in [-0.05, 0) is 25.7 Å². The van der Waals surface area contributed by atoms with Crippen LogP contribution >= 0.6 is 0 Å². The Bertz CT molecular complexity index is 947. The molecule has 0 rings (SSSR count). The second-order valence-electron chi connectivity index (χ2n) is 9.91. The van der Waals surface area contributed by atoms with E-state index in [-0.39, 0.29) is 25.5 Å². The molecule has 17 nitrogen and oxygen atoms in total. The summed E-state index contributed by atoms with van der Waals surface area (Å²) in [4.78, 5) is 83.7. The van der Waals surface area contributed by atoms with Crippen molar-refractivity contribution in [2.75, 3.05) is 13.2 Å². The topological polar surface area (TPSA) is 284 Å². The van der Waals surface area contributed by atoms with E-state index in [0.717, 1.165) is 0 Å². The number of aldehydes is 1. The minimum absolute atomic E-state index is 0.0423. The van der Waals surface area contributed by atoms with Crippen molar-refractivity contribution in [2.24, 2.45) is 11.7 Å². The number of nitrogens with two attached hydrogens (primary N) is 1. The Kier molecular flexibility index (Phi) is 17.8. The lowest BCUT2D eigenvalue weighted by Crippen LogP contribution is -2.56. The summed E-state index contributed by atoms with van der Waals surface area (Å²) >= 11 is 0. The number of carbonyl (C=O) groups excluding carboxylic acids is 6. The van der Waals surface area contributed by atoms with Crippen molar-refractivity contribution >= 4 is 41.8 Å². The second kappa shape index (κ2) is 19.5. The predicted octanol–water partition coefficient (Wildman–Crippen LogP) is -3.95. The normalized spacial score (nSPS) is 16.1. The molecule has 10 N–H and O–H groups in total. The number of ether oxygens (including phenoxy) is 1. The number of aliphatic carboxylic acids is 1. The smallest absolute Gasteiger partial charge is 0.326 e. The molecule has 0 spiro atoms. The Labute approximate surface area is 242 Å². The lowest BCUT2D eigenvalue weighted by molar-refractivity contribution is -0.146. The third-order valence-corrected chi connectivity index (χ3v) is 5.97. The van der Waals surface area contributed by atoms with Gasteiger partial charge in [-0.15, -0.1) is 0 Å². The highest BCUT2D eigenvalue weighted by Gasteiger charge is 2.35. The van der Waals surface area contributed by atoms with Crippen molar-refractivity contribution in [3.05, 3.63) is 0 Å². The fraction of sp³-hybridized carbons (Fsp3) is 0.720. The summed E-state index contributed by atoms with van der Waals surface area (Å²) in [6.07, 6.45) is -5.20. The van der Waals surface area contributed by atoms with E-state index in [0.29, 0.717) is 6.42 Å². The molecule has 0 aromatic rings. The predicted molar refractivity (Wildman–Crippen MR) is 144 cm³/mol. The van der Waals surface area contributed by atoms with Gasteiger partial charge in [-0.1, -0.05) is 20.8 Å². The molecular formula is C25H43N5O12. The number of carboxylic acids is 1. The number of aliphatic hydroxyl groups excluding tert-OH is 3. The first-order valence-corrected chi connectivity index (χ1v) is 13.3. The number of primary amides is 1. The molecule has 5 amide bonds. The fourth-order valence-electron chi connectivity index (χ4n) is 3.56. The first kappa shape index (κ1) is 38.3. The van der Waals surface area contributed by atoms with Gasteiger partial charge in [-0.2, -0.15) is 0 Å². The summed E-state index contributed by atoms with van der Waals surface area (Å²) in [5.41, 5.74) is 5.30. The highest BCUT2D eigenvalue weighted by atomic mass is 16.5. The van der Waals surface area contributed by atoms with Crippen LogP contribution in [0.15, 0.2) is 0 Å². The molecule has 0 radical (unpaired) electrons. The van der Waals surface area contributed by atoms with E-state index in [1.165, 1.54) is 6.92 Å². The molecule has 0 bridgehead atoms. The zero-order chi connectivity index (χ0) is 32.6. The number of nitrogens with one attached hydrogen (secondary N) is 4. The molecule has 0 saturated carbocycles. The van der Waals surface area contributed by atoms with Crippen LogP contribution in [0, 0.1) is 5.92 Å². The van der Waals surface area contributed by atoms with Crippen LogP contribution in [0.5, 0.6) is 0 Å².